The molecule has 1 saturated carbocycles. The molecule has 0 aromatic heterocycles. The van der Waals surface area contributed by atoms with E-state index in [0.717, 1.165) is 44.3 Å². The average molecular weight is 196 g/mol. The summed E-state index contributed by atoms with van der Waals surface area (Å²) >= 11 is 0. The third-order valence-corrected chi connectivity index (χ3v) is 4.05. The molecule has 14 heavy (non-hydrogen) atoms. The SMILES string of the molecule is C1CN(C[C@@H]2N[C@H]3CC[C@@H]2C3)CCO1. The van der Waals surface area contributed by atoms with Crippen molar-refractivity contribution in [1.82, 2.24) is 10.2 Å². The van der Waals surface area contributed by atoms with Crippen molar-refractivity contribution in [3.63, 3.8) is 0 Å². The minimum absolute atomic E-state index is 0.784. The molecule has 3 atom stereocenters. The molecule has 2 heterocycles. The van der Waals surface area contributed by atoms with E-state index in [0.29, 0.717) is 0 Å². The Hall–Kier alpha value is -0.120. The van der Waals surface area contributed by atoms with Gasteiger partial charge in [-0.2, -0.15) is 0 Å². The summed E-state index contributed by atoms with van der Waals surface area (Å²) in [6, 6.07) is 1.64. The number of hydrogen-bond donors (Lipinski definition) is 1. The number of piperidine rings is 1. The Bertz CT molecular complexity index is 203. The van der Waals surface area contributed by atoms with Gasteiger partial charge in [-0.15, -0.1) is 0 Å². The van der Waals surface area contributed by atoms with Crippen molar-refractivity contribution in [2.24, 2.45) is 5.92 Å². The molecule has 0 spiro atoms. The lowest BCUT2D eigenvalue weighted by Crippen LogP contribution is -2.47. The van der Waals surface area contributed by atoms with Gasteiger partial charge in [0, 0.05) is 31.7 Å². The van der Waals surface area contributed by atoms with Crippen LogP contribution in [-0.4, -0.2) is 49.8 Å². The van der Waals surface area contributed by atoms with E-state index in [2.05, 4.69) is 10.2 Å². The number of hydrogen-bond acceptors (Lipinski definition) is 3. The quantitative estimate of drug-likeness (QED) is 0.694. The second kappa shape index (κ2) is 3.80. The lowest BCUT2D eigenvalue weighted by Gasteiger charge is -2.32. The largest absolute Gasteiger partial charge is 0.379 e. The number of ether oxygens (including phenoxy) is 1. The van der Waals surface area contributed by atoms with Gasteiger partial charge in [0.2, 0.25) is 0 Å². The first-order valence-electron chi connectivity index (χ1n) is 5.98. The molecule has 1 N–H and O–H groups in total. The van der Waals surface area contributed by atoms with Crippen LogP contribution in [0.5, 0.6) is 0 Å². The minimum atomic E-state index is 0.784. The van der Waals surface area contributed by atoms with Crippen molar-refractivity contribution in [3.8, 4) is 0 Å². The number of morpholine rings is 1. The Morgan fingerprint density at radius 3 is 2.71 bits per heavy atom. The van der Waals surface area contributed by atoms with Crippen LogP contribution in [0.4, 0.5) is 0 Å². The van der Waals surface area contributed by atoms with Crippen LogP contribution in [-0.2, 0) is 4.74 Å². The molecule has 3 aliphatic rings. The van der Waals surface area contributed by atoms with E-state index in [1.165, 1.54) is 25.8 Å². The van der Waals surface area contributed by atoms with Crippen molar-refractivity contribution in [1.29, 1.82) is 0 Å². The normalized spacial score (nSPS) is 43.3. The molecule has 3 heteroatoms. The van der Waals surface area contributed by atoms with Gasteiger partial charge in [0.25, 0.3) is 0 Å². The lowest BCUT2D eigenvalue weighted by atomic mass is 9.99. The van der Waals surface area contributed by atoms with Crippen LogP contribution in [0.25, 0.3) is 0 Å². The first-order valence-corrected chi connectivity index (χ1v) is 5.98. The van der Waals surface area contributed by atoms with Gasteiger partial charge in [-0.05, 0) is 25.2 Å². The minimum Gasteiger partial charge on any atom is -0.379 e. The lowest BCUT2D eigenvalue weighted by molar-refractivity contribution is 0.0312. The van der Waals surface area contributed by atoms with Gasteiger partial charge in [0.15, 0.2) is 0 Å². The van der Waals surface area contributed by atoms with Crippen LogP contribution < -0.4 is 5.32 Å². The zero-order valence-corrected chi connectivity index (χ0v) is 8.74. The van der Waals surface area contributed by atoms with E-state index in [9.17, 15) is 0 Å². The average Bonchev–Trinajstić information content (AvgIpc) is 2.81. The maximum Gasteiger partial charge on any atom is 0.0594 e. The second-order valence-electron chi connectivity index (χ2n) is 4.96. The summed E-state index contributed by atoms with van der Waals surface area (Å²) in [5.41, 5.74) is 0. The molecule has 0 aromatic rings. The zero-order chi connectivity index (χ0) is 9.38. The van der Waals surface area contributed by atoms with Crippen molar-refractivity contribution in [3.05, 3.63) is 0 Å². The zero-order valence-electron chi connectivity index (χ0n) is 8.74. The monoisotopic (exact) mass is 196 g/mol. The molecule has 2 saturated heterocycles. The fourth-order valence-corrected chi connectivity index (χ4v) is 3.24. The summed E-state index contributed by atoms with van der Waals surface area (Å²) in [7, 11) is 0. The summed E-state index contributed by atoms with van der Waals surface area (Å²) in [5, 5.41) is 3.76. The van der Waals surface area contributed by atoms with Crippen LogP contribution >= 0.6 is 0 Å². The van der Waals surface area contributed by atoms with Crippen molar-refractivity contribution < 1.29 is 4.74 Å². The molecule has 1 aliphatic carbocycles. The highest BCUT2D eigenvalue weighted by molar-refractivity contribution is 4.98. The number of nitrogens with one attached hydrogen (secondary N) is 1. The molecule has 2 aliphatic heterocycles. The molecule has 2 bridgehead atoms. The highest BCUT2D eigenvalue weighted by Crippen LogP contribution is 2.35. The molecular weight excluding hydrogens is 176 g/mol. The molecular formula is C11H20N2O. The number of nitrogens with zero attached hydrogens (tertiary/aromatic N) is 1. The first-order chi connectivity index (χ1) is 6.92. The van der Waals surface area contributed by atoms with Gasteiger partial charge in [-0.1, -0.05) is 0 Å². The Balaban J connectivity index is 1.52. The summed E-state index contributed by atoms with van der Waals surface area (Å²) in [5.74, 6) is 0.975. The van der Waals surface area contributed by atoms with Gasteiger partial charge < -0.3 is 10.1 Å². The van der Waals surface area contributed by atoms with E-state index in [4.69, 9.17) is 4.74 Å². The Morgan fingerprint density at radius 2 is 2.07 bits per heavy atom. The van der Waals surface area contributed by atoms with Gasteiger partial charge in [-0.25, -0.2) is 0 Å². The van der Waals surface area contributed by atoms with Gasteiger partial charge in [0.05, 0.1) is 13.2 Å². The highest BCUT2D eigenvalue weighted by Gasteiger charge is 2.39. The molecule has 80 valence electrons. The summed E-state index contributed by atoms with van der Waals surface area (Å²) in [6.45, 7) is 5.39. The third kappa shape index (κ3) is 1.69. The standard InChI is InChI=1S/C11H20N2O/c1-2-10-7-9(1)11(12-10)8-13-3-5-14-6-4-13/h9-12H,1-8H2/t9-,10+,11+/m1/s1. The molecule has 3 rings (SSSR count). The maximum absolute atomic E-state index is 5.36. The first kappa shape index (κ1) is 9.13. The van der Waals surface area contributed by atoms with Crippen LogP contribution in [0.1, 0.15) is 19.3 Å². The Morgan fingerprint density at radius 1 is 1.21 bits per heavy atom. The summed E-state index contributed by atoms with van der Waals surface area (Å²) in [6.07, 6.45) is 4.33. The predicted octanol–water partition coefficient (Wildman–Crippen LogP) is 0.459. The van der Waals surface area contributed by atoms with E-state index in [-0.39, 0.29) is 0 Å². The van der Waals surface area contributed by atoms with Crippen LogP contribution in [0.3, 0.4) is 0 Å². The molecule has 3 fully saturated rings. The Labute approximate surface area is 85.8 Å². The summed E-state index contributed by atoms with van der Waals surface area (Å²) < 4.78 is 5.36. The van der Waals surface area contributed by atoms with Crippen LogP contribution in [0.15, 0.2) is 0 Å². The van der Waals surface area contributed by atoms with Crippen molar-refractivity contribution >= 4 is 0 Å². The number of fused-ring (bicyclic) bond motifs is 2. The Kier molecular flexibility index (Phi) is 2.48. The van der Waals surface area contributed by atoms with Crippen LogP contribution in [0.2, 0.25) is 0 Å². The van der Waals surface area contributed by atoms with Gasteiger partial charge >= 0.3 is 0 Å². The maximum atomic E-state index is 5.36. The van der Waals surface area contributed by atoms with E-state index < -0.39 is 0 Å². The van der Waals surface area contributed by atoms with Crippen molar-refractivity contribution in [2.75, 3.05) is 32.8 Å². The highest BCUT2D eigenvalue weighted by atomic mass is 16.5. The van der Waals surface area contributed by atoms with Gasteiger partial charge in [-0.3, -0.25) is 4.90 Å². The summed E-state index contributed by atoms with van der Waals surface area (Å²) in [4.78, 5) is 2.56. The fraction of sp³-hybridized carbons (Fsp3) is 1.00. The predicted molar refractivity (Wildman–Crippen MR) is 55.3 cm³/mol. The molecule has 0 amide bonds. The molecule has 0 radical (unpaired) electrons. The smallest absolute Gasteiger partial charge is 0.0594 e. The van der Waals surface area contributed by atoms with E-state index in [1.807, 2.05) is 0 Å². The van der Waals surface area contributed by atoms with E-state index in [1.54, 1.807) is 0 Å². The fourth-order valence-electron chi connectivity index (χ4n) is 3.24. The molecule has 0 unspecified atom stereocenters. The number of rotatable bonds is 2. The van der Waals surface area contributed by atoms with Crippen LogP contribution in [0, 0.1) is 5.92 Å². The third-order valence-electron chi connectivity index (χ3n) is 4.05. The van der Waals surface area contributed by atoms with Crippen molar-refractivity contribution in [2.45, 2.75) is 31.3 Å². The topological polar surface area (TPSA) is 24.5 Å². The molecule has 0 aromatic carbocycles. The van der Waals surface area contributed by atoms with Gasteiger partial charge in [0.1, 0.15) is 0 Å². The second-order valence-corrected chi connectivity index (χ2v) is 4.96. The molecule has 3 nitrogen and oxygen atoms in total. The van der Waals surface area contributed by atoms with E-state index >= 15 is 0 Å².